The minimum Gasteiger partial charge on any atom is -0.388 e. The van der Waals surface area contributed by atoms with E-state index in [1.165, 1.54) is 6.92 Å². The molecule has 0 bridgehead atoms. The first-order chi connectivity index (χ1) is 6.99. The van der Waals surface area contributed by atoms with Gasteiger partial charge in [-0.1, -0.05) is 12.0 Å². The highest BCUT2D eigenvalue weighted by atomic mass is 16.6. The highest BCUT2D eigenvalue weighted by molar-refractivity contribution is 4.92. The van der Waals surface area contributed by atoms with Crippen LogP contribution in [-0.2, 0) is 4.74 Å². The summed E-state index contributed by atoms with van der Waals surface area (Å²) in [4.78, 5) is 2.52. The van der Waals surface area contributed by atoms with Gasteiger partial charge in [0.25, 0.3) is 0 Å². The normalized spacial score (nSPS) is 43.1. The third kappa shape index (κ3) is 2.37. The predicted octanol–water partition coefficient (Wildman–Crippen LogP) is -1.51. The van der Waals surface area contributed by atoms with Gasteiger partial charge in [-0.05, 0) is 5.53 Å². The highest BCUT2D eigenvalue weighted by Crippen LogP contribution is 2.23. The van der Waals surface area contributed by atoms with Gasteiger partial charge in [0.05, 0.1) is 12.1 Å². The van der Waals surface area contributed by atoms with E-state index >= 15 is 0 Å². The molecule has 1 fully saturated rings. The van der Waals surface area contributed by atoms with Crippen molar-refractivity contribution in [3.8, 4) is 0 Å². The van der Waals surface area contributed by atoms with Crippen LogP contribution < -0.4 is 0 Å². The van der Waals surface area contributed by atoms with Crippen molar-refractivity contribution in [3.05, 3.63) is 10.4 Å². The summed E-state index contributed by atoms with van der Waals surface area (Å²) < 4.78 is 4.83. The zero-order valence-corrected chi connectivity index (χ0v) is 8.00. The second kappa shape index (κ2) is 4.75. The van der Waals surface area contributed by atoms with Crippen LogP contribution in [-0.4, -0.2) is 57.2 Å². The second-order valence-corrected chi connectivity index (χ2v) is 3.41. The lowest BCUT2D eigenvalue weighted by molar-refractivity contribution is -0.284. The maximum atomic E-state index is 9.49. The van der Waals surface area contributed by atoms with Crippen LogP contribution in [0.2, 0.25) is 0 Å². The average Bonchev–Trinajstić information content (AvgIpc) is 2.20. The molecule has 0 aromatic carbocycles. The van der Waals surface area contributed by atoms with Gasteiger partial charge in [-0.3, -0.25) is 0 Å². The number of rotatable bonds is 2. The Bertz CT molecular complexity index is 269. The molecule has 0 spiro atoms. The molecule has 86 valence electrons. The molecular formula is C7H13N3O5. The van der Waals surface area contributed by atoms with Crippen molar-refractivity contribution in [1.29, 1.82) is 0 Å². The molecule has 15 heavy (non-hydrogen) atoms. The quantitative estimate of drug-likeness (QED) is 0.254. The summed E-state index contributed by atoms with van der Waals surface area (Å²) in [6.07, 6.45) is -7.17. The Kier molecular flexibility index (Phi) is 3.86. The summed E-state index contributed by atoms with van der Waals surface area (Å²) in [6.45, 7) is 1.46. The molecule has 1 unspecified atom stereocenters. The van der Waals surface area contributed by atoms with Gasteiger partial charge in [-0.2, -0.15) is 0 Å². The molecule has 1 rings (SSSR count). The Morgan fingerprint density at radius 2 is 1.80 bits per heavy atom. The Morgan fingerprint density at radius 1 is 1.20 bits per heavy atom. The topological polar surface area (TPSA) is 139 Å². The number of azide groups is 1. The fourth-order valence-corrected chi connectivity index (χ4v) is 1.43. The number of ether oxygens (including phenoxy) is 1. The van der Waals surface area contributed by atoms with Crippen molar-refractivity contribution in [2.45, 2.75) is 43.7 Å². The second-order valence-electron chi connectivity index (χ2n) is 3.41. The summed E-state index contributed by atoms with van der Waals surface area (Å²) in [5.74, 6) is 0. The number of hydrogen-bond donors (Lipinski definition) is 4. The molecule has 0 radical (unpaired) electrons. The number of aliphatic hydroxyl groups is 4. The summed E-state index contributed by atoms with van der Waals surface area (Å²) in [5, 5.41) is 40.4. The van der Waals surface area contributed by atoms with Crippen molar-refractivity contribution in [1.82, 2.24) is 0 Å². The lowest BCUT2D eigenvalue weighted by Gasteiger charge is -2.39. The first-order valence-electron chi connectivity index (χ1n) is 4.41. The van der Waals surface area contributed by atoms with Gasteiger partial charge in [-0.25, -0.2) is 0 Å². The van der Waals surface area contributed by atoms with Crippen LogP contribution in [0.25, 0.3) is 10.4 Å². The van der Waals surface area contributed by atoms with E-state index in [0.717, 1.165) is 0 Å². The summed E-state index contributed by atoms with van der Waals surface area (Å²) in [7, 11) is 0. The summed E-state index contributed by atoms with van der Waals surface area (Å²) in [5.41, 5.74) is 8.18. The maximum Gasteiger partial charge on any atom is 0.183 e. The molecule has 1 aliphatic rings. The van der Waals surface area contributed by atoms with Crippen LogP contribution in [0.5, 0.6) is 0 Å². The van der Waals surface area contributed by atoms with Gasteiger partial charge in [-0.15, -0.1) is 0 Å². The minimum atomic E-state index is -1.61. The van der Waals surface area contributed by atoms with Gasteiger partial charge >= 0.3 is 0 Å². The van der Waals surface area contributed by atoms with Crippen LogP contribution in [0.3, 0.4) is 0 Å². The minimum absolute atomic E-state index is 0.762. The maximum absolute atomic E-state index is 9.49. The highest BCUT2D eigenvalue weighted by Gasteiger charge is 2.44. The van der Waals surface area contributed by atoms with E-state index in [0.29, 0.717) is 0 Å². The van der Waals surface area contributed by atoms with Gasteiger partial charge in [0.15, 0.2) is 6.29 Å². The van der Waals surface area contributed by atoms with E-state index in [1.54, 1.807) is 0 Å². The molecule has 6 atom stereocenters. The lowest BCUT2D eigenvalue weighted by atomic mass is 9.95. The molecule has 1 saturated heterocycles. The van der Waals surface area contributed by atoms with Gasteiger partial charge < -0.3 is 25.2 Å². The molecular weight excluding hydrogens is 206 g/mol. The van der Waals surface area contributed by atoms with Gasteiger partial charge in [0.1, 0.15) is 18.3 Å². The Hall–Kier alpha value is -0.890. The SMILES string of the molecule is C[C@@H](N=[N+]=[N-])[C@H]1OC(O)[C@H](O)[C@@H](O)[C@@H]1O. The van der Waals surface area contributed by atoms with Crippen LogP contribution in [0.15, 0.2) is 5.11 Å². The van der Waals surface area contributed by atoms with E-state index in [1.807, 2.05) is 0 Å². The molecule has 4 N–H and O–H groups in total. The number of hydrogen-bond acceptors (Lipinski definition) is 6. The van der Waals surface area contributed by atoms with Crippen molar-refractivity contribution in [2.24, 2.45) is 5.11 Å². The lowest BCUT2D eigenvalue weighted by Crippen LogP contribution is -2.59. The monoisotopic (exact) mass is 219 g/mol. The van der Waals surface area contributed by atoms with Crippen LogP contribution >= 0.6 is 0 Å². The van der Waals surface area contributed by atoms with Crippen molar-refractivity contribution >= 4 is 0 Å². The first kappa shape index (κ1) is 12.2. The number of nitrogens with zero attached hydrogens (tertiary/aromatic N) is 3. The standard InChI is InChI=1S/C7H13N3O5/c1-2(9-10-8)6-4(12)3(11)5(13)7(14)15-6/h2-7,11-14H,1H3/t2-,3+,4+,5-,6-,7?/m1/s1. The van der Waals surface area contributed by atoms with Crippen LogP contribution in [0.1, 0.15) is 6.92 Å². The molecule has 8 heteroatoms. The third-order valence-corrected chi connectivity index (χ3v) is 2.33. The van der Waals surface area contributed by atoms with Crippen LogP contribution in [0.4, 0.5) is 0 Å². The Labute approximate surface area is 85.3 Å². The molecule has 0 aliphatic carbocycles. The Balaban J connectivity index is 2.78. The molecule has 0 saturated carbocycles. The average molecular weight is 219 g/mol. The van der Waals surface area contributed by atoms with Crippen molar-refractivity contribution < 1.29 is 25.2 Å². The molecule has 1 aliphatic heterocycles. The molecule has 0 aromatic heterocycles. The van der Waals surface area contributed by atoms with E-state index < -0.39 is 36.7 Å². The molecule has 1 heterocycles. The molecule has 8 nitrogen and oxygen atoms in total. The van der Waals surface area contributed by atoms with E-state index in [9.17, 15) is 15.3 Å². The van der Waals surface area contributed by atoms with E-state index in [-0.39, 0.29) is 0 Å². The third-order valence-electron chi connectivity index (χ3n) is 2.33. The predicted molar refractivity (Wildman–Crippen MR) is 47.5 cm³/mol. The van der Waals surface area contributed by atoms with Crippen LogP contribution in [0, 0.1) is 0 Å². The van der Waals surface area contributed by atoms with Gasteiger partial charge in [0.2, 0.25) is 0 Å². The Morgan fingerprint density at radius 3 is 2.33 bits per heavy atom. The fraction of sp³-hybridized carbons (Fsp3) is 1.00. The largest absolute Gasteiger partial charge is 0.388 e. The molecule has 0 amide bonds. The van der Waals surface area contributed by atoms with E-state index in [2.05, 4.69) is 10.0 Å². The zero-order chi connectivity index (χ0) is 11.6. The first-order valence-corrected chi connectivity index (χ1v) is 4.41. The van der Waals surface area contributed by atoms with Crippen molar-refractivity contribution in [2.75, 3.05) is 0 Å². The zero-order valence-electron chi connectivity index (χ0n) is 8.00. The fourth-order valence-electron chi connectivity index (χ4n) is 1.43. The van der Waals surface area contributed by atoms with Gasteiger partial charge in [0, 0.05) is 4.91 Å². The summed E-state index contributed by atoms with van der Waals surface area (Å²) >= 11 is 0. The van der Waals surface area contributed by atoms with Crippen molar-refractivity contribution in [3.63, 3.8) is 0 Å². The summed E-state index contributed by atoms with van der Waals surface area (Å²) in [6, 6.07) is -0.762. The molecule has 0 aromatic rings. The number of aliphatic hydroxyl groups excluding tert-OH is 4. The van der Waals surface area contributed by atoms with E-state index in [4.69, 9.17) is 15.4 Å². The smallest absolute Gasteiger partial charge is 0.183 e.